The van der Waals surface area contributed by atoms with Gasteiger partial charge in [0.05, 0.1) is 11.0 Å². The van der Waals surface area contributed by atoms with Crippen LogP contribution in [0.5, 0.6) is 0 Å². The number of rotatable bonds is 1. The maximum Gasteiger partial charge on any atom is 0.253 e. The molecule has 0 bridgehead atoms. The van der Waals surface area contributed by atoms with Crippen LogP contribution in [0.15, 0.2) is 30.6 Å². The standard InChI is InChI=1S/C13H14N4O/c14-10-3-6-17(8-10)13(18)9-1-2-11-12(7-9)16-5-4-15-11/h1-2,4-5,7,10H,3,6,8,14H2. The summed E-state index contributed by atoms with van der Waals surface area (Å²) in [5.74, 6) is 0.0236. The van der Waals surface area contributed by atoms with Gasteiger partial charge in [-0.3, -0.25) is 14.8 Å². The fourth-order valence-electron chi connectivity index (χ4n) is 2.25. The van der Waals surface area contributed by atoms with Crippen LogP contribution in [-0.4, -0.2) is 39.9 Å². The molecule has 2 heterocycles. The van der Waals surface area contributed by atoms with Crippen molar-refractivity contribution < 1.29 is 4.79 Å². The van der Waals surface area contributed by atoms with Crippen molar-refractivity contribution in [1.29, 1.82) is 0 Å². The summed E-state index contributed by atoms with van der Waals surface area (Å²) in [5, 5.41) is 0. The van der Waals surface area contributed by atoms with Crippen LogP contribution in [0, 0.1) is 0 Å². The highest BCUT2D eigenvalue weighted by molar-refractivity contribution is 5.97. The summed E-state index contributed by atoms with van der Waals surface area (Å²) in [4.78, 5) is 22.4. The van der Waals surface area contributed by atoms with Crippen molar-refractivity contribution in [3.8, 4) is 0 Å². The summed E-state index contributed by atoms with van der Waals surface area (Å²) in [5.41, 5.74) is 8.01. The largest absolute Gasteiger partial charge is 0.337 e. The van der Waals surface area contributed by atoms with Gasteiger partial charge >= 0.3 is 0 Å². The van der Waals surface area contributed by atoms with Crippen molar-refractivity contribution in [2.45, 2.75) is 12.5 Å². The second-order valence-electron chi connectivity index (χ2n) is 4.56. The Hall–Kier alpha value is -2.01. The molecule has 5 heteroatoms. The highest BCUT2D eigenvalue weighted by Gasteiger charge is 2.24. The molecule has 0 saturated carbocycles. The number of amides is 1. The Balaban J connectivity index is 1.92. The molecular formula is C13H14N4O. The number of nitrogens with zero attached hydrogens (tertiary/aromatic N) is 3. The lowest BCUT2D eigenvalue weighted by Crippen LogP contribution is -2.31. The normalized spacial score (nSPS) is 19.4. The average molecular weight is 242 g/mol. The Bertz CT molecular complexity index is 598. The van der Waals surface area contributed by atoms with Crippen LogP contribution in [0.25, 0.3) is 11.0 Å². The molecule has 92 valence electrons. The van der Waals surface area contributed by atoms with Crippen LogP contribution in [-0.2, 0) is 0 Å². The van der Waals surface area contributed by atoms with E-state index in [4.69, 9.17) is 5.73 Å². The van der Waals surface area contributed by atoms with E-state index in [1.807, 2.05) is 6.07 Å². The van der Waals surface area contributed by atoms with Crippen LogP contribution in [0.1, 0.15) is 16.8 Å². The molecular weight excluding hydrogens is 228 g/mol. The zero-order valence-electron chi connectivity index (χ0n) is 9.91. The molecule has 5 nitrogen and oxygen atoms in total. The minimum absolute atomic E-state index is 0.0236. The predicted molar refractivity (Wildman–Crippen MR) is 68.0 cm³/mol. The van der Waals surface area contributed by atoms with E-state index in [1.165, 1.54) is 0 Å². The first-order valence-electron chi connectivity index (χ1n) is 5.99. The Morgan fingerprint density at radius 2 is 2.06 bits per heavy atom. The summed E-state index contributed by atoms with van der Waals surface area (Å²) in [7, 11) is 0. The van der Waals surface area contributed by atoms with E-state index in [-0.39, 0.29) is 11.9 Å². The van der Waals surface area contributed by atoms with Gasteiger partial charge in [-0.25, -0.2) is 0 Å². The Morgan fingerprint density at radius 3 is 2.78 bits per heavy atom. The predicted octanol–water partition coefficient (Wildman–Crippen LogP) is 0.803. The lowest BCUT2D eigenvalue weighted by molar-refractivity contribution is 0.0791. The molecule has 1 amide bonds. The van der Waals surface area contributed by atoms with E-state index in [0.29, 0.717) is 12.1 Å². The molecule has 0 aliphatic carbocycles. The van der Waals surface area contributed by atoms with Gasteiger partial charge in [0.2, 0.25) is 0 Å². The third kappa shape index (κ3) is 1.93. The third-order valence-electron chi connectivity index (χ3n) is 3.23. The SMILES string of the molecule is NC1CCN(C(=O)c2ccc3nccnc3c2)C1. The van der Waals surface area contributed by atoms with E-state index in [9.17, 15) is 4.79 Å². The van der Waals surface area contributed by atoms with Gasteiger partial charge in [-0.2, -0.15) is 0 Å². The number of hydrogen-bond acceptors (Lipinski definition) is 4. The van der Waals surface area contributed by atoms with Gasteiger partial charge in [-0.05, 0) is 24.6 Å². The summed E-state index contributed by atoms with van der Waals surface area (Å²) in [6.07, 6.45) is 4.14. The minimum atomic E-state index is 0.0236. The highest BCUT2D eigenvalue weighted by atomic mass is 16.2. The fourth-order valence-corrected chi connectivity index (χ4v) is 2.25. The van der Waals surface area contributed by atoms with Crippen LogP contribution in [0.2, 0.25) is 0 Å². The first-order chi connectivity index (χ1) is 8.74. The maximum absolute atomic E-state index is 12.3. The Kier molecular flexibility index (Phi) is 2.68. The van der Waals surface area contributed by atoms with Crippen LogP contribution >= 0.6 is 0 Å². The summed E-state index contributed by atoms with van der Waals surface area (Å²) in [6.45, 7) is 1.37. The van der Waals surface area contributed by atoms with Crippen molar-refractivity contribution in [2.75, 3.05) is 13.1 Å². The van der Waals surface area contributed by atoms with Gasteiger partial charge in [0.15, 0.2) is 0 Å². The lowest BCUT2D eigenvalue weighted by atomic mass is 10.1. The van der Waals surface area contributed by atoms with Crippen molar-refractivity contribution in [3.05, 3.63) is 36.2 Å². The number of hydrogen-bond donors (Lipinski definition) is 1. The van der Waals surface area contributed by atoms with Gasteiger partial charge in [0.1, 0.15) is 0 Å². The van der Waals surface area contributed by atoms with Crippen LogP contribution in [0.4, 0.5) is 0 Å². The van der Waals surface area contributed by atoms with E-state index < -0.39 is 0 Å². The third-order valence-corrected chi connectivity index (χ3v) is 3.23. The average Bonchev–Trinajstić information content (AvgIpc) is 2.84. The maximum atomic E-state index is 12.3. The van der Waals surface area contributed by atoms with Crippen molar-refractivity contribution in [3.63, 3.8) is 0 Å². The van der Waals surface area contributed by atoms with E-state index in [1.54, 1.807) is 29.4 Å². The van der Waals surface area contributed by atoms with E-state index in [2.05, 4.69) is 9.97 Å². The number of benzene rings is 1. The first-order valence-corrected chi connectivity index (χ1v) is 5.99. The minimum Gasteiger partial charge on any atom is -0.337 e. The van der Waals surface area contributed by atoms with Crippen molar-refractivity contribution in [2.24, 2.45) is 5.73 Å². The number of fused-ring (bicyclic) bond motifs is 1. The molecule has 1 unspecified atom stereocenters. The summed E-state index contributed by atoms with van der Waals surface area (Å²) < 4.78 is 0. The number of carbonyl (C=O) groups is 1. The Labute approximate surface area is 105 Å². The van der Waals surface area contributed by atoms with Gasteiger partial charge in [0.25, 0.3) is 5.91 Å². The van der Waals surface area contributed by atoms with Gasteiger partial charge in [-0.15, -0.1) is 0 Å². The molecule has 18 heavy (non-hydrogen) atoms. The zero-order valence-corrected chi connectivity index (χ0v) is 9.91. The highest BCUT2D eigenvalue weighted by Crippen LogP contribution is 2.16. The van der Waals surface area contributed by atoms with Gasteiger partial charge in [-0.1, -0.05) is 0 Å². The molecule has 1 aliphatic heterocycles. The van der Waals surface area contributed by atoms with Crippen molar-refractivity contribution >= 4 is 16.9 Å². The molecule has 2 aromatic rings. The monoisotopic (exact) mass is 242 g/mol. The number of likely N-dealkylation sites (tertiary alicyclic amines) is 1. The molecule has 1 saturated heterocycles. The van der Waals surface area contributed by atoms with E-state index in [0.717, 1.165) is 24.0 Å². The molecule has 2 N–H and O–H groups in total. The number of aromatic nitrogens is 2. The van der Waals surface area contributed by atoms with Crippen LogP contribution < -0.4 is 5.73 Å². The van der Waals surface area contributed by atoms with Gasteiger partial charge in [0, 0.05) is 37.1 Å². The molecule has 0 radical (unpaired) electrons. The number of carbonyl (C=O) groups excluding carboxylic acids is 1. The summed E-state index contributed by atoms with van der Waals surface area (Å²) >= 11 is 0. The second-order valence-corrected chi connectivity index (χ2v) is 4.56. The lowest BCUT2D eigenvalue weighted by Gasteiger charge is -2.15. The van der Waals surface area contributed by atoms with Crippen molar-refractivity contribution in [1.82, 2.24) is 14.9 Å². The molecule has 1 aromatic carbocycles. The topological polar surface area (TPSA) is 72.1 Å². The smallest absolute Gasteiger partial charge is 0.253 e. The molecule has 1 aliphatic rings. The zero-order chi connectivity index (χ0) is 12.5. The quantitative estimate of drug-likeness (QED) is 0.803. The summed E-state index contributed by atoms with van der Waals surface area (Å²) in [6, 6.07) is 5.51. The fraction of sp³-hybridized carbons (Fsp3) is 0.308. The molecule has 1 aromatic heterocycles. The molecule has 1 atom stereocenters. The molecule has 3 rings (SSSR count). The second kappa shape index (κ2) is 4.34. The van der Waals surface area contributed by atoms with Crippen LogP contribution in [0.3, 0.4) is 0 Å². The first kappa shape index (κ1) is 11.1. The molecule has 1 fully saturated rings. The number of nitrogens with two attached hydrogens (primary N) is 1. The van der Waals surface area contributed by atoms with Gasteiger partial charge < -0.3 is 10.6 Å². The molecule has 0 spiro atoms. The van der Waals surface area contributed by atoms with E-state index >= 15 is 0 Å². The Morgan fingerprint density at radius 1 is 1.28 bits per heavy atom.